The largest absolute Gasteiger partial charge is 0.320 e. The van der Waals surface area contributed by atoms with Crippen molar-refractivity contribution in [3.8, 4) is 0 Å². The fourth-order valence-electron chi connectivity index (χ4n) is 3.38. The molecule has 6 heteroatoms. The number of hydrogen-bond acceptors (Lipinski definition) is 4. The number of hydrogen-bond donors (Lipinski definition) is 1. The minimum atomic E-state index is -0.207. The molecule has 0 atom stereocenters. The van der Waals surface area contributed by atoms with Crippen molar-refractivity contribution >= 4 is 17.4 Å². The Morgan fingerprint density at radius 2 is 2.16 bits per heavy atom. The maximum atomic E-state index is 12.6. The maximum Gasteiger partial charge on any atom is 0.275 e. The number of carbonyl (C=O) groups is 1. The third kappa shape index (κ3) is 3.13. The van der Waals surface area contributed by atoms with E-state index >= 15 is 0 Å². The number of carbonyl (C=O) groups excluding carboxylic acids is 1. The van der Waals surface area contributed by atoms with Gasteiger partial charge < -0.3 is 5.32 Å². The van der Waals surface area contributed by atoms with Crippen LogP contribution in [0, 0.1) is 5.92 Å². The van der Waals surface area contributed by atoms with Crippen LogP contribution in [0.25, 0.3) is 5.78 Å². The minimum Gasteiger partial charge on any atom is -0.320 e. The van der Waals surface area contributed by atoms with Gasteiger partial charge in [0.05, 0.1) is 0 Å². The summed E-state index contributed by atoms with van der Waals surface area (Å²) in [5, 5.41) is 3.02. The maximum absolute atomic E-state index is 12.6. The van der Waals surface area contributed by atoms with Gasteiger partial charge >= 0.3 is 0 Å². The van der Waals surface area contributed by atoms with Crippen molar-refractivity contribution in [2.45, 2.75) is 26.9 Å². The van der Waals surface area contributed by atoms with Crippen molar-refractivity contribution in [3.05, 3.63) is 59.7 Å². The lowest BCUT2D eigenvalue weighted by Crippen LogP contribution is -2.21. The second-order valence-electron chi connectivity index (χ2n) is 6.91. The summed E-state index contributed by atoms with van der Waals surface area (Å²) >= 11 is 0. The SMILES string of the molecule is CC(C)CN1Cc2cccc(NC(=O)c3cn4cccnc4n3)c2C1. The first-order valence-corrected chi connectivity index (χ1v) is 8.54. The van der Waals surface area contributed by atoms with Gasteiger partial charge in [0.2, 0.25) is 5.78 Å². The van der Waals surface area contributed by atoms with Crippen molar-refractivity contribution in [1.82, 2.24) is 19.3 Å². The van der Waals surface area contributed by atoms with Crippen molar-refractivity contribution in [1.29, 1.82) is 0 Å². The van der Waals surface area contributed by atoms with Gasteiger partial charge in [-0.05, 0) is 29.2 Å². The Morgan fingerprint density at radius 3 is 2.96 bits per heavy atom. The van der Waals surface area contributed by atoms with Crippen LogP contribution in [0.3, 0.4) is 0 Å². The molecule has 0 aliphatic carbocycles. The highest BCUT2D eigenvalue weighted by atomic mass is 16.1. The molecule has 0 fully saturated rings. The standard InChI is InChI=1S/C19H21N5O/c1-13(2)9-23-10-14-5-3-6-16(15(14)11-23)21-18(25)17-12-24-8-4-7-20-19(24)22-17/h3-8,12-13H,9-11H2,1-2H3,(H,21,25). The molecule has 1 N–H and O–H groups in total. The molecule has 6 nitrogen and oxygen atoms in total. The molecule has 0 radical (unpaired) electrons. The Hall–Kier alpha value is -2.73. The van der Waals surface area contributed by atoms with Gasteiger partial charge in [-0.2, -0.15) is 0 Å². The molecule has 0 bridgehead atoms. The fraction of sp³-hybridized carbons (Fsp3) is 0.316. The quantitative estimate of drug-likeness (QED) is 0.796. The van der Waals surface area contributed by atoms with Crippen LogP contribution in [0.5, 0.6) is 0 Å². The van der Waals surface area contributed by atoms with E-state index in [0.717, 1.165) is 25.3 Å². The zero-order valence-electron chi connectivity index (χ0n) is 14.4. The van der Waals surface area contributed by atoms with Crippen LogP contribution in [0.2, 0.25) is 0 Å². The second-order valence-corrected chi connectivity index (χ2v) is 6.91. The van der Waals surface area contributed by atoms with Gasteiger partial charge in [-0.25, -0.2) is 9.97 Å². The summed E-state index contributed by atoms with van der Waals surface area (Å²) in [5.41, 5.74) is 3.74. The number of benzene rings is 1. The van der Waals surface area contributed by atoms with E-state index in [2.05, 4.69) is 40.1 Å². The molecule has 1 aliphatic heterocycles. The molecular weight excluding hydrogens is 314 g/mol. The number of rotatable bonds is 4. The average molecular weight is 335 g/mol. The molecular formula is C19H21N5O. The first kappa shape index (κ1) is 15.8. The van der Waals surface area contributed by atoms with Crippen LogP contribution in [-0.2, 0) is 13.1 Å². The molecule has 0 saturated carbocycles. The molecule has 0 spiro atoms. The van der Waals surface area contributed by atoms with E-state index in [1.807, 2.05) is 24.4 Å². The van der Waals surface area contributed by atoms with Crippen LogP contribution < -0.4 is 5.32 Å². The molecule has 25 heavy (non-hydrogen) atoms. The fourth-order valence-corrected chi connectivity index (χ4v) is 3.38. The summed E-state index contributed by atoms with van der Waals surface area (Å²) in [6.45, 7) is 7.32. The topological polar surface area (TPSA) is 62.5 Å². The molecule has 1 aliphatic rings. The first-order chi connectivity index (χ1) is 12.1. The third-order valence-corrected chi connectivity index (χ3v) is 4.39. The Balaban J connectivity index is 1.56. The Bertz CT molecular complexity index is 897. The molecule has 0 saturated heterocycles. The number of imidazole rings is 1. The van der Waals surface area contributed by atoms with Gasteiger partial charge in [-0.1, -0.05) is 26.0 Å². The Kier molecular flexibility index (Phi) is 3.97. The summed E-state index contributed by atoms with van der Waals surface area (Å²) in [6.07, 6.45) is 5.19. The lowest BCUT2D eigenvalue weighted by molar-refractivity contribution is 0.102. The number of amides is 1. The van der Waals surface area contributed by atoms with Gasteiger partial charge in [-0.3, -0.25) is 14.1 Å². The van der Waals surface area contributed by atoms with Crippen LogP contribution in [0.1, 0.15) is 35.5 Å². The first-order valence-electron chi connectivity index (χ1n) is 8.54. The van der Waals surface area contributed by atoms with E-state index in [1.54, 1.807) is 16.8 Å². The number of fused-ring (bicyclic) bond motifs is 2. The Labute approximate surface area is 146 Å². The van der Waals surface area contributed by atoms with Gasteiger partial charge in [0, 0.05) is 43.9 Å². The summed E-state index contributed by atoms with van der Waals surface area (Å²) < 4.78 is 1.74. The molecule has 0 unspecified atom stereocenters. The minimum absolute atomic E-state index is 0.207. The summed E-state index contributed by atoms with van der Waals surface area (Å²) in [5.74, 6) is 0.938. The van der Waals surface area contributed by atoms with E-state index in [4.69, 9.17) is 0 Å². The van der Waals surface area contributed by atoms with Crippen molar-refractivity contribution in [2.75, 3.05) is 11.9 Å². The molecule has 4 rings (SSSR count). The third-order valence-electron chi connectivity index (χ3n) is 4.39. The molecule has 128 valence electrons. The van der Waals surface area contributed by atoms with Crippen LogP contribution >= 0.6 is 0 Å². The Morgan fingerprint density at radius 1 is 1.28 bits per heavy atom. The lowest BCUT2D eigenvalue weighted by atomic mass is 10.1. The number of aromatic nitrogens is 3. The number of anilines is 1. The molecule has 2 aromatic heterocycles. The molecule has 1 aromatic carbocycles. The summed E-state index contributed by atoms with van der Waals surface area (Å²) in [6, 6.07) is 7.91. The predicted octanol–water partition coefficient (Wildman–Crippen LogP) is 2.95. The van der Waals surface area contributed by atoms with Gasteiger partial charge in [0.1, 0.15) is 5.69 Å². The van der Waals surface area contributed by atoms with Gasteiger partial charge in [0.25, 0.3) is 5.91 Å². The number of nitrogens with one attached hydrogen (secondary N) is 1. The molecule has 1 amide bonds. The second kappa shape index (κ2) is 6.29. The smallest absolute Gasteiger partial charge is 0.275 e. The summed E-state index contributed by atoms with van der Waals surface area (Å²) in [7, 11) is 0. The normalized spacial score (nSPS) is 14.2. The van der Waals surface area contributed by atoms with Gasteiger partial charge in [-0.15, -0.1) is 0 Å². The van der Waals surface area contributed by atoms with Crippen LogP contribution in [-0.4, -0.2) is 31.7 Å². The predicted molar refractivity (Wildman–Crippen MR) is 96.3 cm³/mol. The van der Waals surface area contributed by atoms with Crippen molar-refractivity contribution in [3.63, 3.8) is 0 Å². The van der Waals surface area contributed by atoms with E-state index in [9.17, 15) is 4.79 Å². The highest BCUT2D eigenvalue weighted by Gasteiger charge is 2.23. The number of nitrogens with zero attached hydrogens (tertiary/aromatic N) is 4. The van der Waals surface area contributed by atoms with E-state index in [0.29, 0.717) is 17.4 Å². The average Bonchev–Trinajstić information content (AvgIpc) is 3.18. The van der Waals surface area contributed by atoms with E-state index < -0.39 is 0 Å². The van der Waals surface area contributed by atoms with Crippen LogP contribution in [0.15, 0.2) is 42.9 Å². The molecule has 3 aromatic rings. The zero-order chi connectivity index (χ0) is 17.4. The van der Waals surface area contributed by atoms with E-state index in [-0.39, 0.29) is 5.91 Å². The lowest BCUT2D eigenvalue weighted by Gasteiger charge is -2.17. The van der Waals surface area contributed by atoms with Crippen molar-refractivity contribution in [2.24, 2.45) is 5.92 Å². The highest BCUT2D eigenvalue weighted by Crippen LogP contribution is 2.30. The zero-order valence-corrected chi connectivity index (χ0v) is 14.4. The van der Waals surface area contributed by atoms with Crippen LogP contribution in [0.4, 0.5) is 5.69 Å². The van der Waals surface area contributed by atoms with Crippen molar-refractivity contribution < 1.29 is 4.79 Å². The molecule has 3 heterocycles. The van der Waals surface area contributed by atoms with Gasteiger partial charge in [0.15, 0.2) is 0 Å². The van der Waals surface area contributed by atoms with E-state index in [1.165, 1.54) is 11.1 Å². The highest BCUT2D eigenvalue weighted by molar-refractivity contribution is 6.03. The monoisotopic (exact) mass is 335 g/mol. The summed E-state index contributed by atoms with van der Waals surface area (Å²) in [4.78, 5) is 23.5.